The summed E-state index contributed by atoms with van der Waals surface area (Å²) in [5, 5.41) is 22.0. The van der Waals surface area contributed by atoms with Crippen LogP contribution in [0.15, 0.2) is 29.6 Å². The summed E-state index contributed by atoms with van der Waals surface area (Å²) in [6.45, 7) is 2.05. The number of carbonyl (C=O) groups excluding carboxylic acids is 1. The van der Waals surface area contributed by atoms with Crippen molar-refractivity contribution in [3.05, 3.63) is 40.9 Å². The van der Waals surface area contributed by atoms with Gasteiger partial charge in [-0.05, 0) is 12.0 Å². The molecule has 0 bridgehead atoms. The first-order chi connectivity index (χ1) is 11.4. The van der Waals surface area contributed by atoms with E-state index < -0.39 is 30.3 Å². The molecule has 2 aromatic rings. The number of amides is 1. The molecule has 0 aliphatic heterocycles. The Morgan fingerprint density at radius 3 is 2.42 bits per heavy atom. The van der Waals surface area contributed by atoms with Crippen LogP contribution >= 0.6 is 11.3 Å². The molecule has 0 aliphatic carbocycles. The van der Waals surface area contributed by atoms with Gasteiger partial charge in [-0.2, -0.15) is 0 Å². The van der Waals surface area contributed by atoms with E-state index in [2.05, 4.69) is 17.2 Å². The van der Waals surface area contributed by atoms with Gasteiger partial charge < -0.3 is 15.5 Å². The summed E-state index contributed by atoms with van der Waals surface area (Å²) in [4.78, 5) is 37.9. The maximum Gasteiger partial charge on any atom is 0.326 e. The molecule has 0 saturated heterocycles. The van der Waals surface area contributed by atoms with Gasteiger partial charge in [-0.1, -0.05) is 31.2 Å². The van der Waals surface area contributed by atoms with Gasteiger partial charge in [0, 0.05) is 10.9 Å². The van der Waals surface area contributed by atoms with Gasteiger partial charge in [0.2, 0.25) is 0 Å². The maximum absolute atomic E-state index is 12.1. The zero-order chi connectivity index (χ0) is 17.7. The predicted molar refractivity (Wildman–Crippen MR) is 88.1 cm³/mol. The number of hydrogen-bond acceptors (Lipinski definition) is 5. The lowest BCUT2D eigenvalue weighted by Gasteiger charge is -2.10. The number of aromatic nitrogens is 1. The minimum absolute atomic E-state index is 0.0613. The molecule has 24 heavy (non-hydrogen) atoms. The quantitative estimate of drug-likeness (QED) is 0.705. The van der Waals surface area contributed by atoms with Gasteiger partial charge in [0.15, 0.2) is 0 Å². The summed E-state index contributed by atoms with van der Waals surface area (Å²) < 4.78 is 0. The van der Waals surface area contributed by atoms with E-state index in [9.17, 15) is 14.4 Å². The van der Waals surface area contributed by atoms with Crippen LogP contribution in [0.3, 0.4) is 0 Å². The number of aryl methyl sites for hydroxylation is 1. The zero-order valence-electron chi connectivity index (χ0n) is 12.9. The Morgan fingerprint density at radius 2 is 1.88 bits per heavy atom. The van der Waals surface area contributed by atoms with Crippen molar-refractivity contribution in [2.75, 3.05) is 0 Å². The van der Waals surface area contributed by atoms with Crippen molar-refractivity contribution >= 4 is 29.2 Å². The average molecular weight is 348 g/mol. The number of carboxylic acid groups (broad SMARTS) is 2. The van der Waals surface area contributed by atoms with Gasteiger partial charge >= 0.3 is 11.9 Å². The van der Waals surface area contributed by atoms with Gasteiger partial charge in [0.25, 0.3) is 5.91 Å². The van der Waals surface area contributed by atoms with Gasteiger partial charge in [-0.3, -0.25) is 9.59 Å². The third-order valence-corrected chi connectivity index (χ3v) is 4.22. The highest BCUT2D eigenvalue weighted by Gasteiger charge is 2.24. The molecule has 1 aromatic carbocycles. The Hall–Kier alpha value is -2.74. The topological polar surface area (TPSA) is 117 Å². The molecule has 1 heterocycles. The molecular weight excluding hydrogens is 332 g/mol. The van der Waals surface area contributed by atoms with Gasteiger partial charge in [0.05, 0.1) is 6.42 Å². The van der Waals surface area contributed by atoms with Gasteiger partial charge in [-0.25, -0.2) is 9.78 Å². The largest absolute Gasteiger partial charge is 0.481 e. The lowest BCUT2D eigenvalue weighted by Crippen LogP contribution is -2.42. The SMILES string of the molecule is CCc1ccc(-c2nc(C(=O)NC(CC(=O)O)C(=O)O)cs2)cc1. The summed E-state index contributed by atoms with van der Waals surface area (Å²) >= 11 is 1.26. The molecule has 0 fully saturated rings. The first-order valence-corrected chi connectivity index (χ1v) is 8.09. The molecule has 0 saturated carbocycles. The molecule has 8 heteroatoms. The minimum Gasteiger partial charge on any atom is -0.481 e. The highest BCUT2D eigenvalue weighted by molar-refractivity contribution is 7.13. The molecule has 1 amide bonds. The highest BCUT2D eigenvalue weighted by Crippen LogP contribution is 2.24. The van der Waals surface area contributed by atoms with Crippen LogP contribution in [0.5, 0.6) is 0 Å². The molecule has 1 unspecified atom stereocenters. The standard InChI is InChI=1S/C16H16N2O5S/c1-2-9-3-5-10(6-4-9)15-18-12(8-24-15)14(21)17-11(16(22)23)7-13(19)20/h3-6,8,11H,2,7H2,1H3,(H,17,21)(H,19,20)(H,22,23). The second kappa shape index (κ2) is 7.69. The number of carboxylic acids is 2. The smallest absolute Gasteiger partial charge is 0.326 e. The van der Waals surface area contributed by atoms with E-state index in [0.717, 1.165) is 12.0 Å². The Kier molecular flexibility index (Phi) is 5.64. The highest BCUT2D eigenvalue weighted by atomic mass is 32.1. The first-order valence-electron chi connectivity index (χ1n) is 7.21. The molecule has 3 N–H and O–H groups in total. The zero-order valence-corrected chi connectivity index (χ0v) is 13.7. The lowest BCUT2D eigenvalue weighted by molar-refractivity contribution is -0.145. The average Bonchev–Trinajstić information content (AvgIpc) is 3.04. The lowest BCUT2D eigenvalue weighted by atomic mass is 10.1. The normalized spacial score (nSPS) is 11.7. The van der Waals surface area contributed by atoms with E-state index >= 15 is 0 Å². The Labute approximate surface area is 142 Å². The van der Waals surface area contributed by atoms with E-state index in [1.165, 1.54) is 22.3 Å². The fraction of sp³-hybridized carbons (Fsp3) is 0.250. The summed E-state index contributed by atoms with van der Waals surface area (Å²) in [6.07, 6.45) is 0.225. The van der Waals surface area contributed by atoms with Crippen LogP contribution in [-0.4, -0.2) is 39.1 Å². The third kappa shape index (κ3) is 4.39. The van der Waals surface area contributed by atoms with Crippen LogP contribution in [0.2, 0.25) is 0 Å². The fourth-order valence-corrected chi connectivity index (χ4v) is 2.81. The van der Waals surface area contributed by atoms with E-state index in [0.29, 0.717) is 5.01 Å². The van der Waals surface area contributed by atoms with Crippen LogP contribution in [0, 0.1) is 0 Å². The first kappa shape index (κ1) is 17.6. The van der Waals surface area contributed by atoms with Crippen molar-refractivity contribution in [3.63, 3.8) is 0 Å². The predicted octanol–water partition coefficient (Wildman–Crippen LogP) is 2.03. The van der Waals surface area contributed by atoms with Crippen molar-refractivity contribution in [1.82, 2.24) is 10.3 Å². The monoisotopic (exact) mass is 348 g/mol. The molecule has 0 aliphatic rings. The van der Waals surface area contributed by atoms with E-state index in [4.69, 9.17) is 10.2 Å². The van der Waals surface area contributed by atoms with Gasteiger partial charge in [0.1, 0.15) is 16.7 Å². The number of nitrogens with one attached hydrogen (secondary N) is 1. The number of aliphatic carboxylic acids is 2. The van der Waals surface area contributed by atoms with Crippen molar-refractivity contribution in [1.29, 1.82) is 0 Å². The number of hydrogen-bond donors (Lipinski definition) is 3. The molecule has 0 spiro atoms. The van der Waals surface area contributed by atoms with Crippen LogP contribution in [0.4, 0.5) is 0 Å². The summed E-state index contributed by atoms with van der Waals surface area (Å²) in [5.74, 6) is -3.43. The Balaban J connectivity index is 2.12. The molecule has 0 radical (unpaired) electrons. The summed E-state index contributed by atoms with van der Waals surface area (Å²) in [6, 6.07) is 6.27. The maximum atomic E-state index is 12.1. The van der Waals surface area contributed by atoms with Crippen LogP contribution < -0.4 is 5.32 Å². The minimum atomic E-state index is -1.50. The third-order valence-electron chi connectivity index (χ3n) is 3.33. The number of rotatable bonds is 7. The second-order valence-corrected chi connectivity index (χ2v) is 5.91. The number of carbonyl (C=O) groups is 3. The molecule has 1 atom stereocenters. The molecular formula is C16H16N2O5S. The van der Waals surface area contributed by atoms with Crippen LogP contribution in [-0.2, 0) is 16.0 Å². The van der Waals surface area contributed by atoms with E-state index in [1.807, 2.05) is 24.3 Å². The Bertz CT molecular complexity index is 754. The van der Waals surface area contributed by atoms with E-state index in [1.54, 1.807) is 0 Å². The number of benzene rings is 1. The van der Waals surface area contributed by atoms with Crippen LogP contribution in [0.1, 0.15) is 29.4 Å². The summed E-state index contributed by atoms with van der Waals surface area (Å²) in [7, 11) is 0. The molecule has 1 aromatic heterocycles. The number of thiazole rings is 1. The number of nitrogens with zero attached hydrogens (tertiary/aromatic N) is 1. The Morgan fingerprint density at radius 1 is 1.21 bits per heavy atom. The molecule has 126 valence electrons. The molecule has 7 nitrogen and oxygen atoms in total. The van der Waals surface area contributed by atoms with Crippen molar-refractivity contribution in [2.24, 2.45) is 0 Å². The second-order valence-electron chi connectivity index (χ2n) is 5.05. The molecule has 2 rings (SSSR count). The van der Waals surface area contributed by atoms with Crippen LogP contribution in [0.25, 0.3) is 10.6 Å². The van der Waals surface area contributed by atoms with E-state index in [-0.39, 0.29) is 5.69 Å². The van der Waals surface area contributed by atoms with Crippen molar-refractivity contribution in [3.8, 4) is 10.6 Å². The summed E-state index contributed by atoms with van der Waals surface area (Å²) in [5.41, 5.74) is 2.11. The fourth-order valence-electron chi connectivity index (χ4n) is 2.00. The van der Waals surface area contributed by atoms with Crippen molar-refractivity contribution in [2.45, 2.75) is 25.8 Å². The van der Waals surface area contributed by atoms with Crippen molar-refractivity contribution < 1.29 is 24.6 Å². The van der Waals surface area contributed by atoms with Gasteiger partial charge in [-0.15, -0.1) is 11.3 Å².